The van der Waals surface area contributed by atoms with Crippen molar-refractivity contribution < 1.29 is 33.3 Å². The number of nitrogens with one attached hydrogen (secondary N) is 2. The second-order valence-electron chi connectivity index (χ2n) is 9.83. The Morgan fingerprint density at radius 3 is 2.51 bits per heavy atom. The summed E-state index contributed by atoms with van der Waals surface area (Å²) in [5, 5.41) is 10.3. The van der Waals surface area contributed by atoms with E-state index in [1.165, 1.54) is 6.92 Å². The molecule has 1 aromatic heterocycles. The van der Waals surface area contributed by atoms with E-state index in [2.05, 4.69) is 10.3 Å². The van der Waals surface area contributed by atoms with Crippen molar-refractivity contribution >= 4 is 23.9 Å². The third-order valence-corrected chi connectivity index (χ3v) is 6.75. The van der Waals surface area contributed by atoms with Gasteiger partial charge < -0.3 is 30.0 Å². The highest BCUT2D eigenvalue weighted by Gasteiger charge is 2.35. The molecule has 1 aliphatic heterocycles. The Hall–Kier alpha value is -4.15. The zero-order valence-corrected chi connectivity index (χ0v) is 21.9. The lowest BCUT2D eigenvalue weighted by Crippen LogP contribution is -2.31. The predicted molar refractivity (Wildman–Crippen MR) is 141 cm³/mol. The van der Waals surface area contributed by atoms with Crippen molar-refractivity contribution in [3.63, 3.8) is 0 Å². The summed E-state index contributed by atoms with van der Waals surface area (Å²) in [5.41, 5.74) is 7.64. The maximum absolute atomic E-state index is 12.4. The molecule has 0 bridgehead atoms. The van der Waals surface area contributed by atoms with Crippen LogP contribution in [0.3, 0.4) is 0 Å². The van der Waals surface area contributed by atoms with Crippen molar-refractivity contribution in [2.75, 3.05) is 6.61 Å². The summed E-state index contributed by atoms with van der Waals surface area (Å²) in [6, 6.07) is 10.6. The first-order valence-electron chi connectivity index (χ1n) is 13.2. The van der Waals surface area contributed by atoms with Crippen LogP contribution in [0.2, 0.25) is 0 Å². The van der Waals surface area contributed by atoms with Crippen LogP contribution in [-0.2, 0) is 23.8 Å². The molecule has 39 heavy (non-hydrogen) atoms. The Balaban J connectivity index is 1.17. The molecule has 1 aromatic carbocycles. The zero-order chi connectivity index (χ0) is 27.8. The summed E-state index contributed by atoms with van der Waals surface area (Å²) in [5.74, 6) is -0.844. The molecule has 1 saturated carbocycles. The first-order chi connectivity index (χ1) is 18.8. The molecule has 2 aromatic rings. The summed E-state index contributed by atoms with van der Waals surface area (Å²) in [4.78, 5) is 41.0. The third kappa shape index (κ3) is 8.17. The number of aromatic nitrogens is 1. The fourth-order valence-electron chi connectivity index (χ4n) is 4.70. The number of carbonyl (C=O) groups excluding carboxylic acids is 3. The molecule has 208 valence electrons. The lowest BCUT2D eigenvalue weighted by Gasteiger charge is -2.22. The standard InChI is InChI=1S/C28H34N4O7/c1-17(38-28(35)39-23-5-3-2-4-6-23)37-25(33)14-20-13-21(32-27(20)34)16-36-22-10-7-18(8-11-22)24-12-9-19(15-31-24)26(29)30/h7-12,15,17,20-21,23H,2-6,13-14,16H2,1H3,(H3,29,30)(H,32,34)/t17?,20-,21-/m0/s1. The number of benzene rings is 1. The molecular weight excluding hydrogens is 504 g/mol. The highest BCUT2D eigenvalue weighted by Crippen LogP contribution is 2.24. The lowest BCUT2D eigenvalue weighted by molar-refractivity contribution is -0.170. The van der Waals surface area contributed by atoms with Crippen molar-refractivity contribution in [2.45, 2.75) is 70.3 Å². The number of hydrogen-bond donors (Lipinski definition) is 3. The maximum Gasteiger partial charge on any atom is 0.511 e. The second kappa shape index (κ2) is 13.1. The predicted octanol–water partition coefficient (Wildman–Crippen LogP) is 3.68. The smallest absolute Gasteiger partial charge is 0.491 e. The Kier molecular flexibility index (Phi) is 9.35. The fourth-order valence-corrected chi connectivity index (χ4v) is 4.70. The average Bonchev–Trinajstić information content (AvgIpc) is 3.26. The van der Waals surface area contributed by atoms with Crippen LogP contribution in [0.5, 0.6) is 5.75 Å². The molecule has 11 heteroatoms. The molecule has 0 radical (unpaired) electrons. The van der Waals surface area contributed by atoms with E-state index in [1.807, 2.05) is 24.3 Å². The van der Waals surface area contributed by atoms with Gasteiger partial charge >= 0.3 is 12.1 Å². The number of nitrogens with two attached hydrogens (primary N) is 1. The summed E-state index contributed by atoms with van der Waals surface area (Å²) in [6.07, 6.45) is 4.51. The molecule has 3 atom stereocenters. The Morgan fingerprint density at radius 2 is 1.85 bits per heavy atom. The number of amidine groups is 1. The molecular formula is C28H34N4O7. The number of pyridine rings is 1. The number of amides is 1. The van der Waals surface area contributed by atoms with E-state index in [0.29, 0.717) is 17.7 Å². The number of esters is 1. The van der Waals surface area contributed by atoms with E-state index >= 15 is 0 Å². The van der Waals surface area contributed by atoms with E-state index in [0.717, 1.165) is 43.4 Å². The van der Waals surface area contributed by atoms with Gasteiger partial charge in [-0.25, -0.2) is 4.79 Å². The molecule has 1 saturated heterocycles. The van der Waals surface area contributed by atoms with Crippen molar-refractivity contribution in [3.05, 3.63) is 48.2 Å². The fraction of sp³-hybridized carbons (Fsp3) is 0.464. The largest absolute Gasteiger partial charge is 0.511 e. The number of nitrogen functional groups attached to an aromatic ring is 1. The first kappa shape index (κ1) is 27.9. The van der Waals surface area contributed by atoms with Gasteiger partial charge in [-0.05, 0) is 68.5 Å². The van der Waals surface area contributed by atoms with Crippen molar-refractivity contribution in [2.24, 2.45) is 11.7 Å². The van der Waals surface area contributed by atoms with Gasteiger partial charge in [-0.15, -0.1) is 0 Å². The van der Waals surface area contributed by atoms with Crippen LogP contribution >= 0.6 is 0 Å². The SMILES string of the molecule is CC(OC(=O)C[C@@H]1C[C@@H](COc2ccc(-c3ccc(C(=N)N)cn3)cc2)NC1=O)OC(=O)OC1CCCCC1. The molecule has 1 unspecified atom stereocenters. The number of hydrogen-bond acceptors (Lipinski definition) is 9. The Labute approximate surface area is 226 Å². The Morgan fingerprint density at radius 1 is 1.10 bits per heavy atom. The van der Waals surface area contributed by atoms with Crippen molar-refractivity contribution in [1.29, 1.82) is 5.41 Å². The molecule has 2 heterocycles. The summed E-state index contributed by atoms with van der Waals surface area (Å²) < 4.78 is 21.3. The van der Waals surface area contributed by atoms with Crippen LogP contribution in [0.4, 0.5) is 4.79 Å². The Bertz CT molecular complexity index is 1160. The summed E-state index contributed by atoms with van der Waals surface area (Å²) in [7, 11) is 0. The maximum atomic E-state index is 12.4. The van der Waals surface area contributed by atoms with Crippen LogP contribution in [0.1, 0.15) is 57.4 Å². The topological polar surface area (TPSA) is 163 Å². The number of carbonyl (C=O) groups is 3. The molecule has 4 rings (SSSR count). The number of rotatable bonds is 10. The van der Waals surface area contributed by atoms with Crippen LogP contribution in [0.25, 0.3) is 11.3 Å². The van der Waals surface area contributed by atoms with Gasteiger partial charge in [0.2, 0.25) is 12.2 Å². The lowest BCUT2D eigenvalue weighted by atomic mass is 9.98. The van der Waals surface area contributed by atoms with Gasteiger partial charge in [0, 0.05) is 24.2 Å². The monoisotopic (exact) mass is 538 g/mol. The zero-order valence-electron chi connectivity index (χ0n) is 21.9. The van der Waals surface area contributed by atoms with Gasteiger partial charge in [-0.2, -0.15) is 0 Å². The summed E-state index contributed by atoms with van der Waals surface area (Å²) in [6.45, 7) is 1.68. The molecule has 0 spiro atoms. The molecule has 4 N–H and O–H groups in total. The van der Waals surface area contributed by atoms with Crippen LogP contribution in [-0.4, -0.2) is 53.9 Å². The normalized spacial score (nSPS) is 20.0. The quantitative estimate of drug-likeness (QED) is 0.177. The highest BCUT2D eigenvalue weighted by molar-refractivity contribution is 5.94. The van der Waals surface area contributed by atoms with Gasteiger partial charge in [0.05, 0.1) is 24.1 Å². The molecule has 2 aliphatic rings. The van der Waals surface area contributed by atoms with E-state index in [-0.39, 0.29) is 36.9 Å². The van der Waals surface area contributed by atoms with Gasteiger partial charge in [-0.1, -0.05) is 6.42 Å². The number of ether oxygens (including phenoxy) is 4. The first-order valence-corrected chi connectivity index (χ1v) is 13.2. The van der Waals surface area contributed by atoms with Gasteiger partial charge in [0.25, 0.3) is 0 Å². The molecule has 1 amide bonds. The van der Waals surface area contributed by atoms with Gasteiger partial charge in [-0.3, -0.25) is 20.0 Å². The summed E-state index contributed by atoms with van der Waals surface area (Å²) >= 11 is 0. The van der Waals surface area contributed by atoms with Crippen molar-refractivity contribution in [1.82, 2.24) is 10.3 Å². The molecule has 1 aliphatic carbocycles. The molecule has 11 nitrogen and oxygen atoms in total. The molecule has 2 fully saturated rings. The second-order valence-corrected chi connectivity index (χ2v) is 9.83. The van der Waals surface area contributed by atoms with E-state index in [9.17, 15) is 14.4 Å². The van der Waals surface area contributed by atoms with E-state index in [1.54, 1.807) is 18.3 Å². The highest BCUT2D eigenvalue weighted by atomic mass is 16.8. The third-order valence-electron chi connectivity index (χ3n) is 6.75. The van der Waals surface area contributed by atoms with Gasteiger partial charge in [0.15, 0.2) is 0 Å². The average molecular weight is 539 g/mol. The minimum atomic E-state index is -1.11. The minimum absolute atomic E-state index is 0.0360. The van der Waals surface area contributed by atoms with Gasteiger partial charge in [0.1, 0.15) is 24.3 Å². The number of nitrogens with zero attached hydrogens (tertiary/aromatic N) is 1. The van der Waals surface area contributed by atoms with Crippen LogP contribution < -0.4 is 15.8 Å². The van der Waals surface area contributed by atoms with E-state index < -0.39 is 24.3 Å². The van der Waals surface area contributed by atoms with E-state index in [4.69, 9.17) is 30.1 Å². The van der Waals surface area contributed by atoms with Crippen molar-refractivity contribution in [3.8, 4) is 17.0 Å². The van der Waals surface area contributed by atoms with Crippen LogP contribution in [0.15, 0.2) is 42.6 Å². The minimum Gasteiger partial charge on any atom is -0.491 e. The van der Waals surface area contributed by atoms with Crippen LogP contribution in [0, 0.1) is 11.3 Å².